The zero-order valence-electron chi connectivity index (χ0n) is 27.8. The van der Waals surface area contributed by atoms with Crippen molar-refractivity contribution in [3.05, 3.63) is 167 Å². The van der Waals surface area contributed by atoms with Crippen LogP contribution in [0.3, 0.4) is 0 Å². The Bertz CT molecular complexity index is 2130. The normalized spacial score (nSPS) is 11.7. The third-order valence-corrected chi connectivity index (χ3v) is 9.77. The van der Waals surface area contributed by atoms with Crippen LogP contribution in [-0.4, -0.2) is 29.8 Å². The molecule has 0 saturated heterocycles. The molecule has 0 aliphatic heterocycles. The molecule has 10 heteroatoms. The number of thioether (sulfide) groups is 1. The number of hydrogen-bond acceptors (Lipinski definition) is 7. The molecule has 3 amide bonds. The lowest BCUT2D eigenvalue weighted by molar-refractivity contribution is -0.116. The summed E-state index contributed by atoms with van der Waals surface area (Å²) in [7, 11) is 1.62. The zero-order chi connectivity index (χ0) is 35.6. The first-order chi connectivity index (χ1) is 24.8. The van der Waals surface area contributed by atoms with E-state index in [9.17, 15) is 14.4 Å². The number of aromatic nitrogens is 1. The van der Waals surface area contributed by atoms with Crippen molar-refractivity contribution in [1.82, 2.24) is 10.3 Å². The van der Waals surface area contributed by atoms with Crippen LogP contribution < -0.4 is 20.7 Å². The molecule has 0 aliphatic carbocycles. The van der Waals surface area contributed by atoms with Crippen molar-refractivity contribution in [2.75, 3.05) is 17.7 Å². The number of thiazole rings is 1. The Kier molecular flexibility index (Phi) is 11.4. The Morgan fingerprint density at radius 2 is 1.45 bits per heavy atom. The number of amides is 3. The highest BCUT2D eigenvalue weighted by molar-refractivity contribution is 8.00. The molecule has 6 rings (SSSR count). The number of nitrogens with one attached hydrogen (secondary N) is 3. The van der Waals surface area contributed by atoms with Gasteiger partial charge in [0.2, 0.25) is 5.91 Å². The highest BCUT2D eigenvalue weighted by Gasteiger charge is 2.24. The van der Waals surface area contributed by atoms with E-state index in [0.29, 0.717) is 16.4 Å². The number of benzene rings is 5. The first-order valence-corrected chi connectivity index (χ1v) is 17.8. The standard InChI is InChI=1S/C41H34N4O4S2/c1-27-13-15-28(16-14-27)25-35(43-38(46)31-11-7-4-8-12-31)39(47)42-32-19-23-34(24-20-32)51-37(30-9-5-3-6-10-30)40(48)45-41-44-36(26-50-41)29-17-21-33(49-2)22-18-29/h3-26,37H,1-2H3,(H,42,47)(H,43,46)(H,44,45,48)/b35-25-. The van der Waals surface area contributed by atoms with Crippen molar-refractivity contribution in [2.24, 2.45) is 0 Å². The maximum absolute atomic E-state index is 13.7. The van der Waals surface area contributed by atoms with Crippen molar-refractivity contribution < 1.29 is 19.1 Å². The molecule has 0 aliphatic rings. The predicted molar refractivity (Wildman–Crippen MR) is 206 cm³/mol. The lowest BCUT2D eigenvalue weighted by Gasteiger charge is -2.17. The molecule has 1 unspecified atom stereocenters. The van der Waals surface area contributed by atoms with Crippen LogP contribution in [0.1, 0.15) is 32.3 Å². The summed E-state index contributed by atoms with van der Waals surface area (Å²) >= 11 is 2.75. The van der Waals surface area contributed by atoms with Gasteiger partial charge in [0.25, 0.3) is 11.8 Å². The van der Waals surface area contributed by atoms with E-state index in [2.05, 4.69) is 20.9 Å². The molecule has 5 aromatic carbocycles. The molecule has 1 aromatic heterocycles. The minimum Gasteiger partial charge on any atom is -0.497 e. The van der Waals surface area contributed by atoms with Gasteiger partial charge in [0.1, 0.15) is 16.7 Å². The van der Waals surface area contributed by atoms with Crippen LogP contribution in [0.5, 0.6) is 5.75 Å². The SMILES string of the molecule is COc1ccc(-c2csc(NC(=O)C(Sc3ccc(NC(=O)/C(=C/c4ccc(C)cc4)NC(=O)c4ccccc4)cc3)c3ccccc3)n2)cc1. The van der Waals surface area contributed by atoms with E-state index in [1.807, 2.05) is 109 Å². The summed E-state index contributed by atoms with van der Waals surface area (Å²) in [5.74, 6) is -0.318. The molecule has 6 aromatic rings. The second-order valence-electron chi connectivity index (χ2n) is 11.4. The topological polar surface area (TPSA) is 109 Å². The van der Waals surface area contributed by atoms with Gasteiger partial charge in [0.15, 0.2) is 5.13 Å². The van der Waals surface area contributed by atoms with Crippen LogP contribution in [0, 0.1) is 6.92 Å². The first kappa shape index (κ1) is 34.9. The largest absolute Gasteiger partial charge is 0.497 e. The maximum Gasteiger partial charge on any atom is 0.272 e. The number of aryl methyl sites for hydroxylation is 1. The Morgan fingerprint density at radius 3 is 2.12 bits per heavy atom. The smallest absolute Gasteiger partial charge is 0.272 e. The number of carbonyl (C=O) groups excluding carboxylic acids is 3. The molecule has 0 bridgehead atoms. The fourth-order valence-electron chi connectivity index (χ4n) is 5.02. The summed E-state index contributed by atoms with van der Waals surface area (Å²) in [6.07, 6.45) is 1.64. The lowest BCUT2D eigenvalue weighted by Crippen LogP contribution is -2.30. The number of rotatable bonds is 12. The van der Waals surface area contributed by atoms with Gasteiger partial charge in [0, 0.05) is 27.1 Å². The van der Waals surface area contributed by atoms with E-state index < -0.39 is 17.1 Å². The molecule has 8 nitrogen and oxygen atoms in total. The summed E-state index contributed by atoms with van der Waals surface area (Å²) in [6.45, 7) is 1.98. The molecular formula is C41H34N4O4S2. The first-order valence-electron chi connectivity index (χ1n) is 16.0. The van der Waals surface area contributed by atoms with Gasteiger partial charge in [-0.2, -0.15) is 0 Å². The van der Waals surface area contributed by atoms with Crippen molar-refractivity contribution >= 4 is 57.7 Å². The van der Waals surface area contributed by atoms with E-state index in [-0.39, 0.29) is 11.6 Å². The number of carbonyl (C=O) groups is 3. The number of anilines is 2. The third-order valence-electron chi connectivity index (χ3n) is 7.74. The number of ether oxygens (including phenoxy) is 1. The molecule has 51 heavy (non-hydrogen) atoms. The Labute approximate surface area is 304 Å². The summed E-state index contributed by atoms with van der Waals surface area (Å²) in [4.78, 5) is 45.7. The van der Waals surface area contributed by atoms with Crippen molar-refractivity contribution in [1.29, 1.82) is 0 Å². The van der Waals surface area contributed by atoms with Gasteiger partial charge in [-0.3, -0.25) is 14.4 Å². The summed E-state index contributed by atoms with van der Waals surface area (Å²) in [5.41, 5.74) is 5.44. The molecule has 1 atom stereocenters. The van der Waals surface area contributed by atoms with E-state index in [1.54, 1.807) is 49.6 Å². The number of nitrogens with zero attached hydrogens (tertiary/aromatic N) is 1. The predicted octanol–water partition coefficient (Wildman–Crippen LogP) is 9.01. The minimum atomic E-state index is -0.572. The van der Waals surface area contributed by atoms with Crippen LogP contribution in [-0.2, 0) is 9.59 Å². The summed E-state index contributed by atoms with van der Waals surface area (Å²) in [5, 5.41) is 10.5. The minimum absolute atomic E-state index is 0.101. The van der Waals surface area contributed by atoms with E-state index in [0.717, 1.165) is 38.6 Å². The van der Waals surface area contributed by atoms with Crippen LogP contribution in [0.15, 0.2) is 149 Å². The van der Waals surface area contributed by atoms with Gasteiger partial charge in [-0.1, -0.05) is 78.4 Å². The molecule has 0 saturated carbocycles. The Morgan fingerprint density at radius 1 is 0.784 bits per heavy atom. The lowest BCUT2D eigenvalue weighted by atomic mass is 10.1. The van der Waals surface area contributed by atoms with E-state index in [4.69, 9.17) is 4.74 Å². The molecule has 0 radical (unpaired) electrons. The summed E-state index contributed by atoms with van der Waals surface area (Å²) in [6, 6.07) is 40.8. The van der Waals surface area contributed by atoms with Crippen LogP contribution in [0.25, 0.3) is 17.3 Å². The molecular weight excluding hydrogens is 677 g/mol. The second kappa shape index (κ2) is 16.6. The summed E-state index contributed by atoms with van der Waals surface area (Å²) < 4.78 is 5.25. The number of hydrogen-bond donors (Lipinski definition) is 3. The van der Waals surface area contributed by atoms with Crippen LogP contribution in [0.2, 0.25) is 0 Å². The van der Waals surface area contributed by atoms with Crippen molar-refractivity contribution in [2.45, 2.75) is 17.1 Å². The van der Waals surface area contributed by atoms with Gasteiger partial charge in [0.05, 0.1) is 12.8 Å². The third kappa shape index (κ3) is 9.39. The van der Waals surface area contributed by atoms with Crippen LogP contribution >= 0.6 is 23.1 Å². The highest BCUT2D eigenvalue weighted by atomic mass is 32.2. The van der Waals surface area contributed by atoms with Gasteiger partial charge >= 0.3 is 0 Å². The van der Waals surface area contributed by atoms with Gasteiger partial charge in [-0.05, 0) is 84.8 Å². The van der Waals surface area contributed by atoms with Crippen LogP contribution in [0.4, 0.5) is 10.8 Å². The zero-order valence-corrected chi connectivity index (χ0v) is 29.5. The molecule has 0 spiro atoms. The van der Waals surface area contributed by atoms with Gasteiger partial charge in [-0.25, -0.2) is 4.98 Å². The maximum atomic E-state index is 13.7. The molecule has 0 fully saturated rings. The second-order valence-corrected chi connectivity index (χ2v) is 13.5. The monoisotopic (exact) mass is 710 g/mol. The van der Waals surface area contributed by atoms with Crippen molar-refractivity contribution in [3.63, 3.8) is 0 Å². The number of methoxy groups -OCH3 is 1. The Hall–Kier alpha value is -5.97. The van der Waals surface area contributed by atoms with Gasteiger partial charge in [-0.15, -0.1) is 23.1 Å². The quantitative estimate of drug-likeness (QED) is 0.0864. The highest BCUT2D eigenvalue weighted by Crippen LogP contribution is 2.37. The average Bonchev–Trinajstić information content (AvgIpc) is 3.64. The van der Waals surface area contributed by atoms with Crippen molar-refractivity contribution in [3.8, 4) is 17.0 Å². The fourth-order valence-corrected chi connectivity index (χ4v) is 6.77. The fraction of sp³-hybridized carbons (Fsp3) is 0.0732. The Balaban J connectivity index is 1.16. The van der Waals surface area contributed by atoms with Gasteiger partial charge < -0.3 is 20.7 Å². The molecule has 3 N–H and O–H groups in total. The van der Waals surface area contributed by atoms with E-state index in [1.165, 1.54) is 23.1 Å². The average molecular weight is 711 g/mol. The molecule has 1 heterocycles. The molecule has 254 valence electrons. The van der Waals surface area contributed by atoms with E-state index >= 15 is 0 Å².